The highest BCUT2D eigenvalue weighted by Gasteiger charge is 2.19. The number of benzene rings is 1. The molecule has 1 aromatic heterocycles. The number of carbonyl (C=O) groups is 2. The molecule has 0 bridgehead atoms. The van der Waals surface area contributed by atoms with Gasteiger partial charge in [0, 0.05) is 19.3 Å². The van der Waals surface area contributed by atoms with Gasteiger partial charge in [-0.25, -0.2) is 4.98 Å². The van der Waals surface area contributed by atoms with Gasteiger partial charge in [-0.2, -0.15) is 0 Å². The van der Waals surface area contributed by atoms with Crippen LogP contribution >= 0.6 is 0 Å². The molecule has 0 aliphatic heterocycles. The molecular formula is C16H17N3O2. The molecule has 0 spiro atoms. The van der Waals surface area contributed by atoms with E-state index >= 15 is 0 Å². The fourth-order valence-electron chi connectivity index (χ4n) is 1.88. The van der Waals surface area contributed by atoms with Crippen molar-refractivity contribution in [1.29, 1.82) is 0 Å². The maximum Gasteiger partial charge on any atom is 0.315 e. The minimum absolute atomic E-state index is 0.376. The molecule has 1 N–H and O–H groups in total. The fourth-order valence-corrected chi connectivity index (χ4v) is 1.88. The van der Waals surface area contributed by atoms with Gasteiger partial charge in [-0.15, -0.1) is 0 Å². The van der Waals surface area contributed by atoms with Crippen molar-refractivity contribution in [3.8, 4) is 0 Å². The first-order chi connectivity index (χ1) is 10.1. The van der Waals surface area contributed by atoms with E-state index in [4.69, 9.17) is 0 Å². The number of hydrogen-bond acceptors (Lipinski definition) is 3. The van der Waals surface area contributed by atoms with Crippen molar-refractivity contribution in [3.63, 3.8) is 0 Å². The lowest BCUT2D eigenvalue weighted by Gasteiger charge is -2.16. The molecule has 0 atom stereocenters. The Balaban J connectivity index is 1.97. The molecule has 1 heterocycles. The zero-order valence-corrected chi connectivity index (χ0v) is 12.0. The van der Waals surface area contributed by atoms with Gasteiger partial charge < -0.3 is 10.2 Å². The number of amides is 2. The molecule has 5 heteroatoms. The van der Waals surface area contributed by atoms with Crippen molar-refractivity contribution >= 4 is 17.6 Å². The zero-order valence-electron chi connectivity index (χ0n) is 12.0. The Morgan fingerprint density at radius 3 is 2.48 bits per heavy atom. The van der Waals surface area contributed by atoms with Crippen LogP contribution in [0.5, 0.6) is 0 Å². The lowest BCUT2D eigenvalue weighted by atomic mass is 10.2. The molecule has 0 fully saturated rings. The second-order valence-electron chi connectivity index (χ2n) is 4.77. The molecule has 2 aromatic rings. The summed E-state index contributed by atoms with van der Waals surface area (Å²) in [6.07, 6.45) is 0. The van der Waals surface area contributed by atoms with Crippen LogP contribution in [0, 0.1) is 6.92 Å². The SMILES string of the molecule is Cc1cccc(NC(=O)C(=O)N(C)Cc2ccccc2)n1. The van der Waals surface area contributed by atoms with Gasteiger partial charge in [0.25, 0.3) is 0 Å². The Labute approximate surface area is 123 Å². The normalized spacial score (nSPS) is 10.0. The van der Waals surface area contributed by atoms with Crippen molar-refractivity contribution in [3.05, 3.63) is 59.8 Å². The molecule has 0 saturated carbocycles. The predicted molar refractivity (Wildman–Crippen MR) is 80.5 cm³/mol. The topological polar surface area (TPSA) is 62.3 Å². The van der Waals surface area contributed by atoms with Gasteiger partial charge in [-0.1, -0.05) is 36.4 Å². The van der Waals surface area contributed by atoms with Gasteiger partial charge in [-0.05, 0) is 24.6 Å². The van der Waals surface area contributed by atoms with E-state index < -0.39 is 11.8 Å². The third-order valence-corrected chi connectivity index (χ3v) is 2.93. The summed E-state index contributed by atoms with van der Waals surface area (Å²) in [6.45, 7) is 2.20. The minimum Gasteiger partial charge on any atom is -0.333 e. The van der Waals surface area contributed by atoms with E-state index in [1.807, 2.05) is 43.3 Å². The fraction of sp³-hybridized carbons (Fsp3) is 0.188. The highest BCUT2D eigenvalue weighted by molar-refractivity contribution is 6.39. The van der Waals surface area contributed by atoms with Gasteiger partial charge in [0.2, 0.25) is 0 Å². The maximum atomic E-state index is 12.0. The summed E-state index contributed by atoms with van der Waals surface area (Å²) in [6, 6.07) is 14.7. The van der Waals surface area contributed by atoms with Gasteiger partial charge in [0.1, 0.15) is 5.82 Å². The van der Waals surface area contributed by atoms with Crippen LogP contribution in [0.4, 0.5) is 5.82 Å². The van der Waals surface area contributed by atoms with Crippen LogP contribution in [0.1, 0.15) is 11.3 Å². The molecule has 5 nitrogen and oxygen atoms in total. The van der Waals surface area contributed by atoms with Crippen LogP contribution in [-0.4, -0.2) is 28.7 Å². The van der Waals surface area contributed by atoms with E-state index in [0.717, 1.165) is 11.3 Å². The summed E-state index contributed by atoms with van der Waals surface area (Å²) in [5, 5.41) is 2.51. The number of hydrogen-bond donors (Lipinski definition) is 1. The quantitative estimate of drug-likeness (QED) is 0.876. The molecule has 0 unspecified atom stereocenters. The summed E-state index contributed by atoms with van der Waals surface area (Å²) in [4.78, 5) is 29.4. The Kier molecular flexibility index (Phi) is 4.66. The molecule has 0 aliphatic rings. The number of anilines is 1. The zero-order chi connectivity index (χ0) is 15.2. The van der Waals surface area contributed by atoms with Crippen LogP contribution < -0.4 is 5.32 Å². The predicted octanol–water partition coefficient (Wildman–Crippen LogP) is 1.99. The van der Waals surface area contributed by atoms with Gasteiger partial charge in [0.05, 0.1) is 0 Å². The lowest BCUT2D eigenvalue weighted by Crippen LogP contribution is -2.36. The summed E-state index contributed by atoms with van der Waals surface area (Å²) in [5.74, 6) is -0.907. The Hall–Kier alpha value is -2.69. The number of rotatable bonds is 3. The number of pyridine rings is 1. The minimum atomic E-state index is -0.688. The summed E-state index contributed by atoms with van der Waals surface area (Å²) < 4.78 is 0. The number of nitrogens with one attached hydrogen (secondary N) is 1. The molecule has 0 radical (unpaired) electrons. The van der Waals surface area contributed by atoms with Crippen LogP contribution in [0.3, 0.4) is 0 Å². The Morgan fingerprint density at radius 1 is 1.10 bits per heavy atom. The largest absolute Gasteiger partial charge is 0.333 e. The van der Waals surface area contributed by atoms with Crippen molar-refractivity contribution in [2.24, 2.45) is 0 Å². The van der Waals surface area contributed by atoms with Crippen molar-refractivity contribution in [2.75, 3.05) is 12.4 Å². The standard InChI is InChI=1S/C16H17N3O2/c1-12-7-6-10-14(17-12)18-15(20)16(21)19(2)11-13-8-4-3-5-9-13/h3-10H,11H2,1-2H3,(H,17,18,20). The van der Waals surface area contributed by atoms with Gasteiger partial charge >= 0.3 is 11.8 Å². The number of carbonyl (C=O) groups excluding carboxylic acids is 2. The number of aryl methyl sites for hydroxylation is 1. The van der Waals surface area contributed by atoms with E-state index in [1.165, 1.54) is 4.90 Å². The monoisotopic (exact) mass is 283 g/mol. The van der Waals surface area contributed by atoms with E-state index in [9.17, 15) is 9.59 Å². The lowest BCUT2D eigenvalue weighted by molar-refractivity contribution is -0.142. The third-order valence-electron chi connectivity index (χ3n) is 2.93. The maximum absolute atomic E-state index is 12.0. The summed E-state index contributed by atoms with van der Waals surface area (Å²) in [7, 11) is 1.60. The Morgan fingerprint density at radius 2 is 1.81 bits per heavy atom. The van der Waals surface area contributed by atoms with Gasteiger partial charge in [-0.3, -0.25) is 9.59 Å². The third kappa shape index (κ3) is 4.14. The molecule has 2 amide bonds. The van der Waals surface area contributed by atoms with Crippen molar-refractivity contribution in [1.82, 2.24) is 9.88 Å². The first kappa shape index (κ1) is 14.7. The smallest absolute Gasteiger partial charge is 0.315 e. The molecule has 0 aliphatic carbocycles. The number of aromatic nitrogens is 1. The summed E-state index contributed by atoms with van der Waals surface area (Å²) >= 11 is 0. The number of likely N-dealkylation sites (N-methyl/N-ethyl adjacent to an activating group) is 1. The van der Waals surface area contributed by atoms with Crippen LogP contribution in [0.25, 0.3) is 0 Å². The number of nitrogens with zero attached hydrogens (tertiary/aromatic N) is 2. The average Bonchev–Trinajstić information content (AvgIpc) is 2.47. The van der Waals surface area contributed by atoms with Gasteiger partial charge in [0.15, 0.2) is 0 Å². The van der Waals surface area contributed by atoms with E-state index in [0.29, 0.717) is 12.4 Å². The first-order valence-electron chi connectivity index (χ1n) is 6.60. The second-order valence-corrected chi connectivity index (χ2v) is 4.77. The van der Waals surface area contributed by atoms with Crippen LogP contribution in [-0.2, 0) is 16.1 Å². The molecule has 0 saturated heterocycles. The first-order valence-corrected chi connectivity index (χ1v) is 6.60. The van der Waals surface area contributed by atoms with Crippen LogP contribution in [0.15, 0.2) is 48.5 Å². The highest BCUT2D eigenvalue weighted by Crippen LogP contribution is 2.06. The van der Waals surface area contributed by atoms with E-state index in [1.54, 1.807) is 19.2 Å². The molecule has 21 heavy (non-hydrogen) atoms. The molecule has 1 aromatic carbocycles. The second kappa shape index (κ2) is 6.65. The van der Waals surface area contributed by atoms with E-state index in [-0.39, 0.29) is 0 Å². The molecular weight excluding hydrogens is 266 g/mol. The van der Waals surface area contributed by atoms with E-state index in [2.05, 4.69) is 10.3 Å². The molecule has 108 valence electrons. The average molecular weight is 283 g/mol. The van der Waals surface area contributed by atoms with Crippen molar-refractivity contribution < 1.29 is 9.59 Å². The van der Waals surface area contributed by atoms with Crippen molar-refractivity contribution in [2.45, 2.75) is 13.5 Å². The Bertz CT molecular complexity index is 641. The summed E-state index contributed by atoms with van der Waals surface area (Å²) in [5.41, 5.74) is 1.74. The molecule has 2 rings (SSSR count). The highest BCUT2D eigenvalue weighted by atomic mass is 16.2. The van der Waals surface area contributed by atoms with Crippen LogP contribution in [0.2, 0.25) is 0 Å².